The molecule has 0 bridgehead atoms. The van der Waals surface area contributed by atoms with E-state index in [-0.39, 0.29) is 5.56 Å². The first-order valence-corrected chi connectivity index (χ1v) is 5.64. The minimum absolute atomic E-state index is 0.240. The minimum Gasteiger partial charge on any atom is -0.481 e. The van der Waals surface area contributed by atoms with E-state index in [1.54, 1.807) is 6.92 Å². The van der Waals surface area contributed by atoms with Crippen molar-refractivity contribution in [3.05, 3.63) is 29.6 Å². The van der Waals surface area contributed by atoms with E-state index in [1.807, 2.05) is 11.0 Å². The number of hydrogen-bond acceptors (Lipinski definition) is 3. The largest absolute Gasteiger partial charge is 0.481 e. The van der Waals surface area contributed by atoms with Crippen LogP contribution in [0.2, 0.25) is 0 Å². The molecule has 0 saturated carbocycles. The second-order valence-corrected chi connectivity index (χ2v) is 4.81. The molecule has 1 fully saturated rings. The van der Waals surface area contributed by atoms with Crippen molar-refractivity contribution in [3.8, 4) is 6.07 Å². The Morgan fingerprint density at radius 1 is 1.61 bits per heavy atom. The summed E-state index contributed by atoms with van der Waals surface area (Å²) in [7, 11) is 0. The van der Waals surface area contributed by atoms with E-state index in [0.717, 1.165) is 0 Å². The lowest BCUT2D eigenvalue weighted by molar-refractivity contribution is -0.146. The van der Waals surface area contributed by atoms with Crippen LogP contribution < -0.4 is 4.90 Å². The van der Waals surface area contributed by atoms with Gasteiger partial charge in [-0.3, -0.25) is 4.79 Å². The molecule has 1 aromatic carbocycles. The SMILES string of the molecule is CC1(C(=O)O)CCN(c2ccc(F)cc2C#N)C1. The molecular formula is C13H13FN2O2. The van der Waals surface area contributed by atoms with Crippen molar-refractivity contribution in [2.45, 2.75) is 13.3 Å². The molecule has 18 heavy (non-hydrogen) atoms. The second-order valence-electron chi connectivity index (χ2n) is 4.81. The molecule has 1 unspecified atom stereocenters. The predicted molar refractivity (Wildman–Crippen MR) is 63.7 cm³/mol. The van der Waals surface area contributed by atoms with E-state index in [2.05, 4.69) is 0 Å². The van der Waals surface area contributed by atoms with Gasteiger partial charge in [-0.05, 0) is 31.5 Å². The number of hydrogen-bond donors (Lipinski definition) is 1. The summed E-state index contributed by atoms with van der Waals surface area (Å²) in [6.07, 6.45) is 0.518. The van der Waals surface area contributed by atoms with E-state index < -0.39 is 17.2 Å². The molecule has 1 aliphatic heterocycles. The highest BCUT2D eigenvalue weighted by Gasteiger charge is 2.40. The molecule has 1 aromatic rings. The summed E-state index contributed by atoms with van der Waals surface area (Å²) in [5.74, 6) is -1.30. The smallest absolute Gasteiger partial charge is 0.311 e. The summed E-state index contributed by atoms with van der Waals surface area (Å²) in [6.45, 7) is 2.58. The van der Waals surface area contributed by atoms with Crippen LogP contribution in [-0.4, -0.2) is 24.2 Å². The molecule has 5 heteroatoms. The maximum absolute atomic E-state index is 13.0. The number of carboxylic acids is 1. The Labute approximate surface area is 104 Å². The van der Waals surface area contributed by atoms with Gasteiger partial charge in [0.25, 0.3) is 0 Å². The van der Waals surface area contributed by atoms with Gasteiger partial charge < -0.3 is 10.0 Å². The van der Waals surface area contributed by atoms with Crippen LogP contribution in [0.3, 0.4) is 0 Å². The average molecular weight is 248 g/mol. The maximum Gasteiger partial charge on any atom is 0.311 e. The lowest BCUT2D eigenvalue weighted by Crippen LogP contribution is -2.31. The Hall–Kier alpha value is -2.09. The number of aliphatic carboxylic acids is 1. The molecule has 1 N–H and O–H groups in total. The first-order valence-electron chi connectivity index (χ1n) is 5.64. The van der Waals surface area contributed by atoms with Gasteiger partial charge in [0.15, 0.2) is 0 Å². The van der Waals surface area contributed by atoms with Crippen LogP contribution >= 0.6 is 0 Å². The minimum atomic E-state index is -0.842. The van der Waals surface area contributed by atoms with Crippen LogP contribution in [0.5, 0.6) is 0 Å². The third-order valence-electron chi connectivity index (χ3n) is 3.41. The normalized spacial score (nSPS) is 22.8. The van der Waals surface area contributed by atoms with Crippen LogP contribution in [-0.2, 0) is 4.79 Å². The highest BCUT2D eigenvalue weighted by molar-refractivity contribution is 5.76. The Balaban J connectivity index is 2.30. The first-order chi connectivity index (χ1) is 8.46. The Bertz CT molecular complexity index is 538. The quantitative estimate of drug-likeness (QED) is 0.869. The number of halogens is 1. The molecule has 0 aliphatic carbocycles. The zero-order valence-electron chi connectivity index (χ0n) is 9.98. The van der Waals surface area contributed by atoms with Crippen molar-refractivity contribution < 1.29 is 14.3 Å². The fourth-order valence-corrected chi connectivity index (χ4v) is 2.21. The summed E-state index contributed by atoms with van der Waals surface area (Å²) in [4.78, 5) is 13.0. The third-order valence-corrected chi connectivity index (χ3v) is 3.41. The van der Waals surface area contributed by atoms with Crippen molar-refractivity contribution in [2.75, 3.05) is 18.0 Å². The number of nitriles is 1. The highest BCUT2D eigenvalue weighted by atomic mass is 19.1. The van der Waals surface area contributed by atoms with Gasteiger partial charge in [0.05, 0.1) is 16.7 Å². The Morgan fingerprint density at radius 3 is 2.89 bits per heavy atom. The van der Waals surface area contributed by atoms with Gasteiger partial charge in [0.1, 0.15) is 11.9 Å². The van der Waals surface area contributed by atoms with E-state index in [1.165, 1.54) is 18.2 Å². The lowest BCUT2D eigenvalue weighted by atomic mass is 9.90. The van der Waals surface area contributed by atoms with Crippen LogP contribution in [0.25, 0.3) is 0 Å². The topological polar surface area (TPSA) is 64.3 Å². The van der Waals surface area contributed by atoms with Gasteiger partial charge in [0.2, 0.25) is 0 Å². The van der Waals surface area contributed by atoms with Gasteiger partial charge in [0, 0.05) is 13.1 Å². The van der Waals surface area contributed by atoms with Crippen molar-refractivity contribution in [1.29, 1.82) is 5.26 Å². The number of carbonyl (C=O) groups is 1. The molecule has 0 radical (unpaired) electrons. The lowest BCUT2D eigenvalue weighted by Gasteiger charge is -2.22. The Morgan fingerprint density at radius 2 is 2.33 bits per heavy atom. The number of rotatable bonds is 2. The van der Waals surface area contributed by atoms with Gasteiger partial charge in [-0.25, -0.2) is 4.39 Å². The molecule has 0 amide bonds. The fraction of sp³-hybridized carbons (Fsp3) is 0.385. The average Bonchev–Trinajstić information content (AvgIpc) is 2.73. The molecule has 94 valence electrons. The van der Waals surface area contributed by atoms with E-state index in [0.29, 0.717) is 25.2 Å². The van der Waals surface area contributed by atoms with Gasteiger partial charge in [-0.15, -0.1) is 0 Å². The van der Waals surface area contributed by atoms with Crippen LogP contribution in [0.15, 0.2) is 18.2 Å². The molecule has 0 aromatic heterocycles. The zero-order chi connectivity index (χ0) is 13.3. The van der Waals surface area contributed by atoms with Crippen LogP contribution in [0, 0.1) is 22.6 Å². The van der Waals surface area contributed by atoms with Crippen LogP contribution in [0.1, 0.15) is 18.9 Å². The number of benzene rings is 1. The van der Waals surface area contributed by atoms with Gasteiger partial charge in [-0.2, -0.15) is 5.26 Å². The molecule has 1 heterocycles. The monoisotopic (exact) mass is 248 g/mol. The van der Waals surface area contributed by atoms with Gasteiger partial charge >= 0.3 is 5.97 Å². The van der Waals surface area contributed by atoms with E-state index >= 15 is 0 Å². The summed E-state index contributed by atoms with van der Waals surface area (Å²) in [5, 5.41) is 18.1. The summed E-state index contributed by atoms with van der Waals surface area (Å²) in [5.41, 5.74) is 0.0368. The number of anilines is 1. The highest BCUT2D eigenvalue weighted by Crippen LogP contribution is 2.34. The molecule has 4 nitrogen and oxygen atoms in total. The second kappa shape index (κ2) is 4.30. The summed E-state index contributed by atoms with van der Waals surface area (Å²) in [6, 6.07) is 5.93. The molecule has 1 aliphatic rings. The third kappa shape index (κ3) is 2.02. The maximum atomic E-state index is 13.0. The van der Waals surface area contributed by atoms with Crippen molar-refractivity contribution >= 4 is 11.7 Å². The fourth-order valence-electron chi connectivity index (χ4n) is 2.21. The number of carboxylic acid groups (broad SMARTS) is 1. The molecule has 1 atom stereocenters. The van der Waals surface area contributed by atoms with Gasteiger partial charge in [-0.1, -0.05) is 0 Å². The molecule has 1 saturated heterocycles. The molecule has 2 rings (SSSR count). The molecule has 0 spiro atoms. The predicted octanol–water partition coefficient (Wildman–Crippen LogP) is 2.00. The summed E-state index contributed by atoms with van der Waals surface area (Å²) < 4.78 is 13.0. The Kier molecular flexibility index (Phi) is 2.95. The summed E-state index contributed by atoms with van der Waals surface area (Å²) >= 11 is 0. The van der Waals surface area contributed by atoms with Crippen molar-refractivity contribution in [1.82, 2.24) is 0 Å². The van der Waals surface area contributed by atoms with Crippen LogP contribution in [0.4, 0.5) is 10.1 Å². The number of nitrogens with zero attached hydrogens (tertiary/aromatic N) is 2. The van der Waals surface area contributed by atoms with E-state index in [4.69, 9.17) is 10.4 Å². The molecular weight excluding hydrogens is 235 g/mol. The standard InChI is InChI=1S/C13H13FN2O2/c1-13(12(17)18)4-5-16(8-13)11-3-2-10(14)6-9(11)7-15/h2-3,6H,4-5,8H2,1H3,(H,17,18). The van der Waals surface area contributed by atoms with Crippen molar-refractivity contribution in [3.63, 3.8) is 0 Å². The van der Waals surface area contributed by atoms with Crippen molar-refractivity contribution in [2.24, 2.45) is 5.41 Å². The zero-order valence-corrected chi connectivity index (χ0v) is 9.98. The van der Waals surface area contributed by atoms with E-state index in [9.17, 15) is 9.18 Å². The first kappa shape index (κ1) is 12.4.